The van der Waals surface area contributed by atoms with Crippen molar-refractivity contribution in [1.29, 1.82) is 0 Å². The van der Waals surface area contributed by atoms with E-state index < -0.39 is 0 Å². The maximum atomic E-state index is 11.9. The quantitative estimate of drug-likeness (QED) is 0.410. The molecule has 0 radical (unpaired) electrons. The lowest BCUT2D eigenvalue weighted by Crippen LogP contribution is -2.27. The molecule has 1 unspecified atom stereocenters. The van der Waals surface area contributed by atoms with Gasteiger partial charge in [0.15, 0.2) is 11.0 Å². The number of benzene rings is 1. The summed E-state index contributed by atoms with van der Waals surface area (Å²) in [7, 11) is 1.65. The Morgan fingerprint density at radius 3 is 2.48 bits per heavy atom. The summed E-state index contributed by atoms with van der Waals surface area (Å²) in [5.74, 6) is 0.814. The third-order valence-corrected chi connectivity index (χ3v) is 5.78. The van der Waals surface area contributed by atoms with Gasteiger partial charge in [0.05, 0.1) is 5.25 Å². The molecule has 0 aliphatic rings. The number of nitrogens with one attached hydrogen (secondary N) is 1. The van der Waals surface area contributed by atoms with Crippen molar-refractivity contribution in [2.75, 3.05) is 7.05 Å². The number of unbranched alkanes of at least 4 members (excludes halogenated alkanes) is 5. The van der Waals surface area contributed by atoms with E-state index >= 15 is 0 Å². The molecule has 0 saturated heterocycles. The van der Waals surface area contributed by atoms with Crippen molar-refractivity contribution in [2.24, 2.45) is 0 Å². The lowest BCUT2D eigenvalue weighted by atomic mass is 10.1. The smallest absolute Gasteiger partial charge is 0.233 e. The van der Waals surface area contributed by atoms with E-state index in [0.29, 0.717) is 5.02 Å². The number of hydrogen-bond acceptors (Lipinski definition) is 4. The van der Waals surface area contributed by atoms with Crippen LogP contribution < -0.4 is 5.32 Å². The predicted octanol–water partition coefficient (Wildman–Crippen LogP) is 5.19. The van der Waals surface area contributed by atoms with Crippen LogP contribution in [0.3, 0.4) is 0 Å². The van der Waals surface area contributed by atoms with E-state index in [1.54, 1.807) is 7.05 Å². The SMILES string of the molecule is CCCCCCCCn1c(SC(C)C(=O)NC)nnc1-c1ccc(Cl)cc1. The van der Waals surface area contributed by atoms with Gasteiger partial charge in [0.2, 0.25) is 5.91 Å². The normalized spacial score (nSPS) is 12.1. The average molecular weight is 409 g/mol. The van der Waals surface area contributed by atoms with E-state index in [1.165, 1.54) is 43.9 Å². The third-order valence-electron chi connectivity index (χ3n) is 4.45. The first-order chi connectivity index (χ1) is 13.1. The molecule has 0 fully saturated rings. The molecule has 1 amide bonds. The van der Waals surface area contributed by atoms with Crippen LogP contribution in [0.1, 0.15) is 52.4 Å². The van der Waals surface area contributed by atoms with Crippen LogP contribution in [0.4, 0.5) is 0 Å². The average Bonchev–Trinajstić information content (AvgIpc) is 3.06. The monoisotopic (exact) mass is 408 g/mol. The number of nitrogens with zero attached hydrogens (tertiary/aromatic N) is 3. The number of hydrogen-bond donors (Lipinski definition) is 1. The van der Waals surface area contributed by atoms with Gasteiger partial charge in [-0.05, 0) is 37.6 Å². The molecule has 0 aliphatic heterocycles. The summed E-state index contributed by atoms with van der Waals surface area (Å²) < 4.78 is 2.13. The minimum Gasteiger partial charge on any atom is -0.358 e. The lowest BCUT2D eigenvalue weighted by molar-refractivity contribution is -0.119. The molecule has 5 nitrogen and oxygen atoms in total. The number of carbonyl (C=O) groups excluding carboxylic acids is 1. The lowest BCUT2D eigenvalue weighted by Gasteiger charge is -2.13. The minimum atomic E-state index is -0.222. The van der Waals surface area contributed by atoms with Crippen LogP contribution in [-0.2, 0) is 11.3 Å². The van der Waals surface area contributed by atoms with Crippen molar-refractivity contribution < 1.29 is 4.79 Å². The highest BCUT2D eigenvalue weighted by Crippen LogP contribution is 2.28. The first-order valence-electron chi connectivity index (χ1n) is 9.64. The zero-order chi connectivity index (χ0) is 19.6. The molecule has 0 bridgehead atoms. The van der Waals surface area contributed by atoms with Crippen molar-refractivity contribution in [2.45, 2.75) is 69.3 Å². The molecular weight excluding hydrogens is 380 g/mol. The maximum absolute atomic E-state index is 11.9. The van der Waals surface area contributed by atoms with Gasteiger partial charge in [-0.3, -0.25) is 4.79 Å². The van der Waals surface area contributed by atoms with Crippen LogP contribution >= 0.6 is 23.4 Å². The van der Waals surface area contributed by atoms with Gasteiger partial charge >= 0.3 is 0 Å². The van der Waals surface area contributed by atoms with E-state index in [1.807, 2.05) is 31.2 Å². The second-order valence-electron chi connectivity index (χ2n) is 6.61. The van der Waals surface area contributed by atoms with Crippen LogP contribution in [0.15, 0.2) is 29.4 Å². The van der Waals surface area contributed by atoms with Crippen molar-refractivity contribution in [3.63, 3.8) is 0 Å². The molecule has 2 aromatic rings. The molecule has 0 aliphatic carbocycles. The number of aromatic nitrogens is 3. The molecule has 1 aromatic heterocycles. The van der Waals surface area contributed by atoms with Gasteiger partial charge in [-0.25, -0.2) is 0 Å². The Kier molecular flexibility index (Phi) is 9.15. The largest absolute Gasteiger partial charge is 0.358 e. The van der Waals surface area contributed by atoms with Crippen molar-refractivity contribution in [3.8, 4) is 11.4 Å². The number of halogens is 1. The Morgan fingerprint density at radius 1 is 1.15 bits per heavy atom. The molecule has 1 aromatic carbocycles. The number of thioether (sulfide) groups is 1. The topological polar surface area (TPSA) is 59.8 Å². The maximum Gasteiger partial charge on any atom is 0.233 e. The molecule has 0 saturated carbocycles. The Balaban J connectivity index is 2.15. The molecule has 1 atom stereocenters. The summed E-state index contributed by atoms with van der Waals surface area (Å²) in [6, 6.07) is 7.64. The predicted molar refractivity (Wildman–Crippen MR) is 113 cm³/mol. The van der Waals surface area contributed by atoms with Gasteiger partial charge in [0.1, 0.15) is 0 Å². The summed E-state index contributed by atoms with van der Waals surface area (Å²) >= 11 is 7.46. The standard InChI is InChI=1S/C20H29ClN4OS/c1-4-5-6-7-8-9-14-25-18(16-10-12-17(21)13-11-16)23-24-20(25)27-15(2)19(26)22-3/h10-13,15H,4-9,14H2,1-3H3,(H,22,26). The zero-order valence-electron chi connectivity index (χ0n) is 16.4. The van der Waals surface area contributed by atoms with Crippen LogP contribution in [-0.4, -0.2) is 33.0 Å². The molecule has 1 N–H and O–H groups in total. The fourth-order valence-corrected chi connectivity index (χ4v) is 3.92. The first-order valence-corrected chi connectivity index (χ1v) is 10.9. The van der Waals surface area contributed by atoms with Gasteiger partial charge in [0.25, 0.3) is 0 Å². The number of rotatable bonds is 11. The first kappa shape index (κ1) is 21.8. The zero-order valence-corrected chi connectivity index (χ0v) is 17.9. The molecule has 2 rings (SSSR count). The van der Waals surface area contributed by atoms with Gasteiger partial charge in [-0.1, -0.05) is 62.4 Å². The van der Waals surface area contributed by atoms with E-state index in [2.05, 4.69) is 27.0 Å². The second kappa shape index (κ2) is 11.3. The fraction of sp³-hybridized carbons (Fsp3) is 0.550. The van der Waals surface area contributed by atoms with Crippen LogP contribution in [0.5, 0.6) is 0 Å². The van der Waals surface area contributed by atoms with E-state index in [-0.39, 0.29) is 11.2 Å². The van der Waals surface area contributed by atoms with E-state index in [4.69, 9.17) is 11.6 Å². The second-order valence-corrected chi connectivity index (χ2v) is 8.35. The van der Waals surface area contributed by atoms with E-state index in [9.17, 15) is 4.79 Å². The van der Waals surface area contributed by atoms with Crippen LogP contribution in [0, 0.1) is 0 Å². The Labute approximate surface area is 171 Å². The minimum absolute atomic E-state index is 0.0119. The molecule has 27 heavy (non-hydrogen) atoms. The van der Waals surface area contributed by atoms with Gasteiger partial charge in [-0.2, -0.15) is 0 Å². The van der Waals surface area contributed by atoms with Crippen LogP contribution in [0.2, 0.25) is 5.02 Å². The van der Waals surface area contributed by atoms with Crippen LogP contribution in [0.25, 0.3) is 11.4 Å². The fourth-order valence-electron chi connectivity index (χ4n) is 2.86. The highest BCUT2D eigenvalue weighted by atomic mass is 35.5. The van der Waals surface area contributed by atoms with Crippen molar-refractivity contribution in [1.82, 2.24) is 20.1 Å². The summed E-state index contributed by atoms with van der Waals surface area (Å²) in [5.41, 5.74) is 0.984. The number of carbonyl (C=O) groups is 1. The Morgan fingerprint density at radius 2 is 1.81 bits per heavy atom. The highest BCUT2D eigenvalue weighted by molar-refractivity contribution is 8.00. The highest BCUT2D eigenvalue weighted by Gasteiger charge is 2.20. The third kappa shape index (κ3) is 6.54. The summed E-state index contributed by atoms with van der Waals surface area (Å²) in [6.45, 7) is 4.96. The summed E-state index contributed by atoms with van der Waals surface area (Å²) in [6.07, 6.45) is 7.36. The van der Waals surface area contributed by atoms with E-state index in [0.717, 1.165) is 29.5 Å². The van der Waals surface area contributed by atoms with Crippen molar-refractivity contribution >= 4 is 29.3 Å². The molecule has 7 heteroatoms. The molecule has 0 spiro atoms. The molecular formula is C20H29ClN4OS. The summed E-state index contributed by atoms with van der Waals surface area (Å²) in [4.78, 5) is 11.9. The number of amides is 1. The van der Waals surface area contributed by atoms with Crippen molar-refractivity contribution in [3.05, 3.63) is 29.3 Å². The van der Waals surface area contributed by atoms with Gasteiger partial charge in [0, 0.05) is 24.2 Å². The Hall–Kier alpha value is -1.53. The van der Waals surface area contributed by atoms with Gasteiger partial charge in [-0.15, -0.1) is 10.2 Å². The molecule has 1 heterocycles. The Bertz CT molecular complexity index is 717. The van der Waals surface area contributed by atoms with Gasteiger partial charge < -0.3 is 9.88 Å². The molecule has 148 valence electrons. The summed E-state index contributed by atoms with van der Waals surface area (Å²) in [5, 5.41) is 12.7.